The summed E-state index contributed by atoms with van der Waals surface area (Å²) in [6, 6.07) is 24.7. The zero-order valence-corrected chi connectivity index (χ0v) is 15.4. The van der Waals surface area contributed by atoms with Gasteiger partial charge in [0, 0.05) is 13.1 Å². The van der Waals surface area contributed by atoms with Gasteiger partial charge >= 0.3 is 0 Å². The number of nitrogens with one attached hydrogen (secondary N) is 1. The summed E-state index contributed by atoms with van der Waals surface area (Å²) in [6.45, 7) is 4.25. The maximum absolute atomic E-state index is 5.98. The zero-order valence-electron chi connectivity index (χ0n) is 15.4. The van der Waals surface area contributed by atoms with Gasteiger partial charge in [-0.05, 0) is 41.3 Å². The Labute approximate surface area is 155 Å². The van der Waals surface area contributed by atoms with E-state index in [0.29, 0.717) is 6.61 Å². The van der Waals surface area contributed by atoms with E-state index in [1.54, 1.807) is 7.11 Å². The Morgan fingerprint density at radius 1 is 0.769 bits per heavy atom. The second-order valence-electron chi connectivity index (χ2n) is 6.29. The molecule has 0 saturated heterocycles. The van der Waals surface area contributed by atoms with Gasteiger partial charge < -0.3 is 14.8 Å². The van der Waals surface area contributed by atoms with Gasteiger partial charge in [0.25, 0.3) is 0 Å². The number of rotatable bonds is 8. The smallest absolute Gasteiger partial charge is 0.161 e. The van der Waals surface area contributed by atoms with Crippen LogP contribution < -0.4 is 14.8 Å². The average Bonchev–Trinajstić information content (AvgIpc) is 2.68. The molecule has 0 heterocycles. The van der Waals surface area contributed by atoms with E-state index in [4.69, 9.17) is 9.47 Å². The fraction of sp³-hybridized carbons (Fsp3) is 0.217. The van der Waals surface area contributed by atoms with E-state index in [0.717, 1.165) is 24.6 Å². The largest absolute Gasteiger partial charge is 0.493 e. The molecule has 0 atom stereocenters. The molecule has 0 aliphatic carbocycles. The minimum Gasteiger partial charge on any atom is -0.493 e. The van der Waals surface area contributed by atoms with Crippen molar-refractivity contribution in [2.75, 3.05) is 7.11 Å². The van der Waals surface area contributed by atoms with Crippen LogP contribution in [0.4, 0.5) is 0 Å². The van der Waals surface area contributed by atoms with Crippen molar-refractivity contribution < 1.29 is 9.47 Å². The highest BCUT2D eigenvalue weighted by atomic mass is 16.5. The Morgan fingerprint density at radius 3 is 2.27 bits per heavy atom. The average molecular weight is 347 g/mol. The molecule has 26 heavy (non-hydrogen) atoms. The van der Waals surface area contributed by atoms with Gasteiger partial charge in [-0.15, -0.1) is 0 Å². The number of aryl methyl sites for hydroxylation is 1. The Balaban J connectivity index is 1.59. The second-order valence-corrected chi connectivity index (χ2v) is 6.29. The van der Waals surface area contributed by atoms with Crippen LogP contribution in [0.25, 0.3) is 0 Å². The van der Waals surface area contributed by atoms with Gasteiger partial charge in [-0.3, -0.25) is 0 Å². The van der Waals surface area contributed by atoms with Gasteiger partial charge in [-0.2, -0.15) is 0 Å². The van der Waals surface area contributed by atoms with Gasteiger partial charge in [0.2, 0.25) is 0 Å². The minimum atomic E-state index is 0.536. The molecule has 3 heteroatoms. The summed E-state index contributed by atoms with van der Waals surface area (Å²) >= 11 is 0. The van der Waals surface area contributed by atoms with E-state index in [1.165, 1.54) is 22.3 Å². The van der Waals surface area contributed by atoms with E-state index in [1.807, 2.05) is 30.3 Å². The molecule has 3 aromatic carbocycles. The van der Waals surface area contributed by atoms with Crippen molar-refractivity contribution in [2.24, 2.45) is 0 Å². The van der Waals surface area contributed by atoms with E-state index < -0.39 is 0 Å². The molecule has 0 unspecified atom stereocenters. The van der Waals surface area contributed by atoms with E-state index in [-0.39, 0.29) is 0 Å². The molecule has 3 aromatic rings. The molecule has 0 saturated carbocycles. The van der Waals surface area contributed by atoms with Crippen molar-refractivity contribution in [1.29, 1.82) is 0 Å². The number of methoxy groups -OCH3 is 1. The fourth-order valence-corrected chi connectivity index (χ4v) is 2.82. The Hall–Kier alpha value is -2.78. The van der Waals surface area contributed by atoms with Crippen molar-refractivity contribution in [3.05, 3.63) is 95.1 Å². The van der Waals surface area contributed by atoms with Crippen LogP contribution in [0.2, 0.25) is 0 Å². The SMILES string of the molecule is COc1cc(CNCc2ccccc2)ccc1OCc1ccccc1C. The number of hydrogen-bond donors (Lipinski definition) is 1. The molecule has 1 N–H and O–H groups in total. The van der Waals surface area contributed by atoms with Gasteiger partial charge in [-0.25, -0.2) is 0 Å². The first kappa shape index (κ1) is 18.0. The van der Waals surface area contributed by atoms with Gasteiger partial charge in [0.1, 0.15) is 6.61 Å². The lowest BCUT2D eigenvalue weighted by Gasteiger charge is -2.13. The monoisotopic (exact) mass is 347 g/mol. The highest BCUT2D eigenvalue weighted by Crippen LogP contribution is 2.29. The molecule has 0 fully saturated rings. The Morgan fingerprint density at radius 2 is 1.50 bits per heavy atom. The van der Waals surface area contributed by atoms with Crippen molar-refractivity contribution in [1.82, 2.24) is 5.32 Å². The first-order chi connectivity index (χ1) is 12.8. The Kier molecular flexibility index (Phi) is 6.29. The highest BCUT2D eigenvalue weighted by Gasteiger charge is 2.07. The lowest BCUT2D eigenvalue weighted by atomic mass is 10.1. The summed E-state index contributed by atoms with van der Waals surface area (Å²) in [5.74, 6) is 1.53. The summed E-state index contributed by atoms with van der Waals surface area (Å²) in [4.78, 5) is 0. The van der Waals surface area contributed by atoms with Crippen LogP contribution in [0, 0.1) is 6.92 Å². The van der Waals surface area contributed by atoms with Crippen LogP contribution in [-0.2, 0) is 19.7 Å². The molecule has 0 amide bonds. The van der Waals surface area contributed by atoms with Crippen LogP contribution in [0.3, 0.4) is 0 Å². The predicted molar refractivity (Wildman–Crippen MR) is 105 cm³/mol. The summed E-state index contributed by atoms with van der Waals surface area (Å²) in [5.41, 5.74) is 4.86. The normalized spacial score (nSPS) is 10.5. The molecule has 0 spiro atoms. The molecule has 3 rings (SSSR count). The van der Waals surface area contributed by atoms with Crippen LogP contribution in [0.5, 0.6) is 11.5 Å². The molecule has 0 aromatic heterocycles. The molecule has 134 valence electrons. The lowest BCUT2D eigenvalue weighted by molar-refractivity contribution is 0.283. The first-order valence-electron chi connectivity index (χ1n) is 8.85. The first-order valence-corrected chi connectivity index (χ1v) is 8.85. The number of hydrogen-bond acceptors (Lipinski definition) is 3. The van der Waals surface area contributed by atoms with Gasteiger partial charge in [0.05, 0.1) is 7.11 Å². The second kappa shape index (κ2) is 9.07. The summed E-state index contributed by atoms with van der Waals surface area (Å²) in [7, 11) is 1.68. The van der Waals surface area contributed by atoms with Gasteiger partial charge in [0.15, 0.2) is 11.5 Å². The maximum atomic E-state index is 5.98. The molecule has 0 bridgehead atoms. The molecule has 0 radical (unpaired) electrons. The summed E-state index contributed by atoms with van der Waals surface area (Å²) in [5, 5.41) is 3.46. The third kappa shape index (κ3) is 4.87. The molecule has 3 nitrogen and oxygen atoms in total. The quantitative estimate of drug-likeness (QED) is 0.630. The van der Waals surface area contributed by atoms with Crippen molar-refractivity contribution in [3.63, 3.8) is 0 Å². The van der Waals surface area contributed by atoms with E-state index in [2.05, 4.69) is 54.7 Å². The lowest BCUT2D eigenvalue weighted by Crippen LogP contribution is -2.12. The summed E-state index contributed by atoms with van der Waals surface area (Å²) in [6.07, 6.45) is 0. The van der Waals surface area contributed by atoms with Crippen LogP contribution in [0.15, 0.2) is 72.8 Å². The highest BCUT2D eigenvalue weighted by molar-refractivity contribution is 5.43. The Bertz CT molecular complexity index is 831. The zero-order chi connectivity index (χ0) is 18.2. The van der Waals surface area contributed by atoms with Crippen LogP contribution in [0.1, 0.15) is 22.3 Å². The van der Waals surface area contributed by atoms with Crippen LogP contribution in [-0.4, -0.2) is 7.11 Å². The van der Waals surface area contributed by atoms with Gasteiger partial charge in [-0.1, -0.05) is 60.7 Å². The van der Waals surface area contributed by atoms with Crippen molar-refractivity contribution >= 4 is 0 Å². The van der Waals surface area contributed by atoms with E-state index in [9.17, 15) is 0 Å². The van der Waals surface area contributed by atoms with E-state index >= 15 is 0 Å². The minimum absolute atomic E-state index is 0.536. The number of ether oxygens (including phenoxy) is 2. The molecular formula is C23H25NO2. The van der Waals surface area contributed by atoms with Crippen molar-refractivity contribution in [3.8, 4) is 11.5 Å². The maximum Gasteiger partial charge on any atom is 0.161 e. The predicted octanol–water partition coefficient (Wildman–Crippen LogP) is 4.87. The standard InChI is InChI=1S/C23H25NO2/c1-18-8-6-7-11-21(18)17-26-22-13-12-20(14-23(22)25-2)16-24-15-19-9-4-3-5-10-19/h3-14,24H,15-17H2,1-2H3. The third-order valence-corrected chi connectivity index (χ3v) is 4.37. The van der Waals surface area contributed by atoms with Crippen molar-refractivity contribution in [2.45, 2.75) is 26.6 Å². The molecular weight excluding hydrogens is 322 g/mol. The fourth-order valence-electron chi connectivity index (χ4n) is 2.82. The molecule has 0 aliphatic rings. The number of benzene rings is 3. The van der Waals surface area contributed by atoms with Crippen LogP contribution >= 0.6 is 0 Å². The summed E-state index contributed by atoms with van der Waals surface area (Å²) < 4.78 is 11.5. The molecule has 0 aliphatic heterocycles. The topological polar surface area (TPSA) is 30.5 Å². The third-order valence-electron chi connectivity index (χ3n) is 4.37.